The molecule has 2 aromatic rings. The van der Waals surface area contributed by atoms with Gasteiger partial charge < -0.3 is 10.4 Å². The van der Waals surface area contributed by atoms with Crippen LogP contribution in [0.4, 0.5) is 5.69 Å². The molecule has 1 fully saturated rings. The van der Waals surface area contributed by atoms with Crippen molar-refractivity contribution in [3.63, 3.8) is 0 Å². The van der Waals surface area contributed by atoms with Gasteiger partial charge in [0.15, 0.2) is 5.92 Å². The summed E-state index contributed by atoms with van der Waals surface area (Å²) in [5.41, 5.74) is 3.56. The second-order valence-corrected chi connectivity index (χ2v) is 9.06. The molecule has 0 atom stereocenters. The smallest absolute Gasteiger partial charge is 0.303 e. The molecule has 1 aromatic heterocycles. The molecule has 1 aliphatic carbocycles. The summed E-state index contributed by atoms with van der Waals surface area (Å²) in [7, 11) is 0. The number of benzene rings is 1. The van der Waals surface area contributed by atoms with Crippen molar-refractivity contribution < 1.29 is 9.90 Å². The third kappa shape index (κ3) is 8.36. The van der Waals surface area contributed by atoms with Crippen molar-refractivity contribution in [2.75, 3.05) is 5.32 Å². The molecule has 0 aliphatic heterocycles. The Bertz CT molecular complexity index is 1120. The van der Waals surface area contributed by atoms with Gasteiger partial charge in [0.05, 0.1) is 18.2 Å². The number of carboxylic acid groups (broad SMARTS) is 1. The lowest BCUT2D eigenvalue weighted by Crippen LogP contribution is -2.24. The minimum atomic E-state index is -0.969. The highest BCUT2D eigenvalue weighted by atomic mass is 16.4. The van der Waals surface area contributed by atoms with E-state index < -0.39 is 11.9 Å². The van der Waals surface area contributed by atoms with Gasteiger partial charge >= 0.3 is 5.97 Å². The average Bonchev–Trinajstić information content (AvgIpc) is 2.86. The van der Waals surface area contributed by atoms with E-state index in [0.29, 0.717) is 18.7 Å². The number of nitriles is 2. The number of nitrogens with zero attached hydrogens (tertiary/aromatic N) is 4. The first kappa shape index (κ1) is 26.6. The maximum atomic E-state index is 10.9. The monoisotopic (exact) mass is 483 g/mol. The Hall–Kier alpha value is -3.97. The predicted octanol–water partition coefficient (Wildman–Crippen LogP) is 6.35. The van der Waals surface area contributed by atoms with Crippen molar-refractivity contribution in [3.8, 4) is 12.1 Å². The molecule has 1 saturated carbocycles. The van der Waals surface area contributed by atoms with Crippen LogP contribution in [-0.2, 0) is 4.79 Å². The van der Waals surface area contributed by atoms with Gasteiger partial charge in [-0.05, 0) is 55.0 Å². The Labute approximate surface area is 213 Å². The highest BCUT2D eigenvalue weighted by Gasteiger charge is 2.19. The number of aromatic nitrogens is 1. The van der Waals surface area contributed by atoms with Gasteiger partial charge in [0, 0.05) is 30.1 Å². The van der Waals surface area contributed by atoms with E-state index in [1.165, 1.54) is 19.3 Å². The Morgan fingerprint density at radius 2 is 1.83 bits per heavy atom. The molecule has 0 unspecified atom stereocenters. The maximum absolute atomic E-state index is 10.9. The molecule has 1 heterocycles. The Morgan fingerprint density at radius 1 is 1.11 bits per heavy atom. The van der Waals surface area contributed by atoms with Gasteiger partial charge in [0.25, 0.3) is 0 Å². The summed E-state index contributed by atoms with van der Waals surface area (Å²) in [6.07, 6.45) is 14.6. The van der Waals surface area contributed by atoms with Gasteiger partial charge in [-0.1, -0.05) is 56.4 Å². The molecule has 1 aliphatic rings. The van der Waals surface area contributed by atoms with Crippen LogP contribution in [0.1, 0.15) is 75.3 Å². The van der Waals surface area contributed by atoms with Crippen LogP contribution >= 0.6 is 0 Å². The number of unbranched alkanes of at least 4 members (excludes halogenated alkanes) is 1. The standard InChI is InChI=1S/C29H33N5O2/c30-19-24(20-31)29(33-25-12-4-2-1-3-5-13-25)34-26-14-8-10-22(18-26)27(15-6-7-16-28(35)36)23-11-9-17-32-21-23/h8-11,14-15,17-18,21,24-25H,1-7,12-13,16H2,(H,33,34)(H,35,36)/b27-15+. The van der Waals surface area contributed by atoms with Gasteiger partial charge in [-0.3, -0.25) is 14.8 Å². The Morgan fingerprint density at radius 3 is 2.50 bits per heavy atom. The third-order valence-electron chi connectivity index (χ3n) is 6.29. The van der Waals surface area contributed by atoms with Crippen LogP contribution in [0.2, 0.25) is 0 Å². The van der Waals surface area contributed by atoms with Crippen LogP contribution in [-0.4, -0.2) is 27.9 Å². The lowest BCUT2D eigenvalue weighted by molar-refractivity contribution is -0.137. The fourth-order valence-corrected chi connectivity index (χ4v) is 4.43. The van der Waals surface area contributed by atoms with Crippen molar-refractivity contribution >= 4 is 23.1 Å². The fourth-order valence-electron chi connectivity index (χ4n) is 4.43. The normalized spacial score (nSPS) is 15.4. The zero-order valence-corrected chi connectivity index (χ0v) is 20.6. The van der Waals surface area contributed by atoms with E-state index in [4.69, 9.17) is 10.1 Å². The molecule has 0 amide bonds. The molecule has 0 bridgehead atoms. The first-order chi connectivity index (χ1) is 17.6. The van der Waals surface area contributed by atoms with Crippen molar-refractivity contribution in [2.45, 2.75) is 70.3 Å². The zero-order valence-electron chi connectivity index (χ0n) is 20.6. The summed E-state index contributed by atoms with van der Waals surface area (Å²) in [6, 6.07) is 15.9. The fraction of sp³-hybridized carbons (Fsp3) is 0.414. The number of amidine groups is 1. The molecule has 36 heavy (non-hydrogen) atoms. The molecule has 7 heteroatoms. The van der Waals surface area contributed by atoms with E-state index in [9.17, 15) is 15.3 Å². The first-order valence-corrected chi connectivity index (χ1v) is 12.7. The molecule has 0 saturated heterocycles. The molecule has 0 spiro atoms. The number of nitrogens with one attached hydrogen (secondary N) is 1. The molecular formula is C29H33N5O2. The van der Waals surface area contributed by atoms with Crippen LogP contribution in [0, 0.1) is 28.6 Å². The topological polar surface area (TPSA) is 122 Å². The molecular weight excluding hydrogens is 450 g/mol. The van der Waals surface area contributed by atoms with E-state index in [0.717, 1.165) is 48.1 Å². The predicted molar refractivity (Wildman–Crippen MR) is 141 cm³/mol. The number of pyridine rings is 1. The molecule has 186 valence electrons. The van der Waals surface area contributed by atoms with E-state index in [-0.39, 0.29) is 12.5 Å². The van der Waals surface area contributed by atoms with Crippen LogP contribution in [0.5, 0.6) is 0 Å². The summed E-state index contributed by atoms with van der Waals surface area (Å²) in [4.78, 5) is 20.0. The number of carboxylic acids is 1. The van der Waals surface area contributed by atoms with Crippen LogP contribution < -0.4 is 5.32 Å². The van der Waals surface area contributed by atoms with Crippen molar-refractivity contribution in [3.05, 3.63) is 66.0 Å². The maximum Gasteiger partial charge on any atom is 0.303 e. The number of allylic oxidation sites excluding steroid dienone is 1. The number of hydrogen-bond donors (Lipinski definition) is 2. The van der Waals surface area contributed by atoms with E-state index >= 15 is 0 Å². The van der Waals surface area contributed by atoms with Gasteiger partial charge in [-0.15, -0.1) is 0 Å². The first-order valence-electron chi connectivity index (χ1n) is 12.7. The van der Waals surface area contributed by atoms with Crippen LogP contribution in [0.3, 0.4) is 0 Å². The quantitative estimate of drug-likeness (QED) is 0.243. The number of carbonyl (C=O) groups is 1. The summed E-state index contributed by atoms with van der Waals surface area (Å²) in [5.74, 6) is -1.38. The zero-order chi connectivity index (χ0) is 25.6. The van der Waals surface area contributed by atoms with E-state index in [2.05, 4.69) is 22.4 Å². The highest BCUT2D eigenvalue weighted by molar-refractivity contribution is 6.00. The summed E-state index contributed by atoms with van der Waals surface area (Å²) < 4.78 is 0. The van der Waals surface area contributed by atoms with Gasteiger partial charge in [-0.2, -0.15) is 10.5 Å². The van der Waals surface area contributed by atoms with Gasteiger partial charge in [-0.25, -0.2) is 0 Å². The molecule has 2 N–H and O–H groups in total. The van der Waals surface area contributed by atoms with Gasteiger partial charge in [0.2, 0.25) is 0 Å². The lowest BCUT2D eigenvalue weighted by Gasteiger charge is -2.19. The second-order valence-electron chi connectivity index (χ2n) is 9.06. The highest BCUT2D eigenvalue weighted by Crippen LogP contribution is 2.27. The number of aliphatic imine (C=N–C) groups is 1. The van der Waals surface area contributed by atoms with Crippen LogP contribution in [0.15, 0.2) is 59.9 Å². The molecule has 3 rings (SSSR count). The van der Waals surface area contributed by atoms with Crippen molar-refractivity contribution in [1.29, 1.82) is 10.5 Å². The van der Waals surface area contributed by atoms with E-state index in [1.54, 1.807) is 12.4 Å². The summed E-state index contributed by atoms with van der Waals surface area (Å²) in [6.45, 7) is 0. The number of rotatable bonds is 9. The second kappa shape index (κ2) is 14.4. The minimum absolute atomic E-state index is 0.111. The largest absolute Gasteiger partial charge is 0.481 e. The Balaban J connectivity index is 1.89. The third-order valence-corrected chi connectivity index (χ3v) is 6.29. The molecule has 1 aromatic carbocycles. The number of aliphatic carboxylic acids is 1. The summed E-state index contributed by atoms with van der Waals surface area (Å²) in [5, 5.41) is 31.5. The lowest BCUT2D eigenvalue weighted by atomic mass is 9.96. The molecule has 7 nitrogen and oxygen atoms in total. The van der Waals surface area contributed by atoms with Crippen molar-refractivity contribution in [2.24, 2.45) is 10.9 Å². The number of hydrogen-bond acceptors (Lipinski definition) is 5. The SMILES string of the molecule is N#CC(C#N)C(=NC1CCCCCCC1)Nc1cccc(/C(=C\CCCC(=O)O)c2cccnc2)c1. The Kier molecular flexibility index (Phi) is 10.7. The molecule has 0 radical (unpaired) electrons. The van der Waals surface area contributed by atoms with E-state index in [1.807, 2.05) is 42.5 Å². The van der Waals surface area contributed by atoms with Crippen molar-refractivity contribution in [1.82, 2.24) is 4.98 Å². The van der Waals surface area contributed by atoms with Gasteiger partial charge in [0.1, 0.15) is 5.84 Å². The average molecular weight is 484 g/mol. The minimum Gasteiger partial charge on any atom is -0.481 e. The number of anilines is 1. The van der Waals surface area contributed by atoms with Crippen LogP contribution in [0.25, 0.3) is 5.57 Å². The summed E-state index contributed by atoms with van der Waals surface area (Å²) >= 11 is 0.